The monoisotopic (exact) mass is 446 g/mol. The van der Waals surface area contributed by atoms with E-state index in [0.29, 0.717) is 0 Å². The van der Waals surface area contributed by atoms with E-state index >= 15 is 0 Å². The fourth-order valence-electron chi connectivity index (χ4n) is 4.40. The zero-order valence-corrected chi connectivity index (χ0v) is 19.9. The van der Waals surface area contributed by atoms with Gasteiger partial charge in [0.25, 0.3) is 0 Å². The van der Waals surface area contributed by atoms with E-state index in [1.165, 1.54) is 11.1 Å². The first-order valence-corrected chi connectivity index (χ1v) is 12.1. The van der Waals surface area contributed by atoms with Crippen molar-refractivity contribution >= 4 is 0 Å². The molecule has 4 heteroatoms. The SMILES string of the molecule is CCCn1nc(-c2ccccc2)cc1-c1cccc(-c2cc(-c3ccccc3)nn2CCC)c1. The lowest BCUT2D eigenvalue weighted by atomic mass is 10.0. The molecule has 2 aromatic heterocycles. The van der Waals surface area contributed by atoms with Gasteiger partial charge in [-0.3, -0.25) is 9.36 Å². The van der Waals surface area contributed by atoms with Crippen LogP contribution >= 0.6 is 0 Å². The van der Waals surface area contributed by atoms with Gasteiger partial charge in [0.1, 0.15) is 0 Å². The number of aromatic nitrogens is 4. The van der Waals surface area contributed by atoms with E-state index in [0.717, 1.165) is 59.8 Å². The summed E-state index contributed by atoms with van der Waals surface area (Å²) in [7, 11) is 0. The molecule has 0 fully saturated rings. The minimum absolute atomic E-state index is 0.887. The van der Waals surface area contributed by atoms with Crippen molar-refractivity contribution in [1.29, 1.82) is 0 Å². The van der Waals surface area contributed by atoms with Gasteiger partial charge in [0.2, 0.25) is 0 Å². The first-order chi connectivity index (χ1) is 16.8. The molecule has 0 aliphatic heterocycles. The van der Waals surface area contributed by atoms with Crippen molar-refractivity contribution in [2.24, 2.45) is 0 Å². The molecule has 170 valence electrons. The van der Waals surface area contributed by atoms with Crippen LogP contribution in [0.3, 0.4) is 0 Å². The van der Waals surface area contributed by atoms with Crippen molar-refractivity contribution in [3.8, 4) is 45.0 Å². The number of aryl methyl sites for hydroxylation is 2. The lowest BCUT2D eigenvalue weighted by Crippen LogP contribution is -2.03. The van der Waals surface area contributed by atoms with Crippen LogP contribution in [0.4, 0.5) is 0 Å². The fraction of sp³-hybridized carbons (Fsp3) is 0.200. The fourth-order valence-corrected chi connectivity index (χ4v) is 4.40. The van der Waals surface area contributed by atoms with Crippen LogP contribution in [-0.4, -0.2) is 19.6 Å². The van der Waals surface area contributed by atoms with E-state index in [2.05, 4.69) is 108 Å². The molecule has 5 aromatic rings. The predicted molar refractivity (Wildman–Crippen MR) is 140 cm³/mol. The maximum Gasteiger partial charge on any atom is 0.0929 e. The molecular formula is C30H30N4. The lowest BCUT2D eigenvalue weighted by molar-refractivity contribution is 0.610. The standard InChI is InChI=1S/C30H30N4/c1-3-18-33-29(21-27(31-33)23-12-7-5-8-13-23)25-16-11-17-26(20-25)30-22-28(32-34(30)19-4-2)24-14-9-6-10-15-24/h5-17,20-22H,3-4,18-19H2,1-2H3. The van der Waals surface area contributed by atoms with Gasteiger partial charge in [0, 0.05) is 35.3 Å². The molecule has 34 heavy (non-hydrogen) atoms. The van der Waals surface area contributed by atoms with Gasteiger partial charge in [0.05, 0.1) is 22.8 Å². The minimum Gasteiger partial charge on any atom is -0.264 e. The molecule has 3 aromatic carbocycles. The summed E-state index contributed by atoms with van der Waals surface area (Å²) in [5.41, 5.74) is 8.94. The second kappa shape index (κ2) is 9.92. The van der Waals surface area contributed by atoms with Crippen molar-refractivity contribution in [3.05, 3.63) is 97.1 Å². The van der Waals surface area contributed by atoms with Gasteiger partial charge in [-0.1, -0.05) is 92.7 Å². The highest BCUT2D eigenvalue weighted by Gasteiger charge is 2.15. The summed E-state index contributed by atoms with van der Waals surface area (Å²) in [4.78, 5) is 0. The molecule has 0 bridgehead atoms. The summed E-state index contributed by atoms with van der Waals surface area (Å²) in [5, 5.41) is 9.88. The zero-order valence-electron chi connectivity index (χ0n) is 19.9. The van der Waals surface area contributed by atoms with Crippen molar-refractivity contribution in [2.75, 3.05) is 0 Å². The summed E-state index contributed by atoms with van der Waals surface area (Å²) in [6, 6.07) is 34.0. The van der Waals surface area contributed by atoms with Gasteiger partial charge in [-0.2, -0.15) is 10.2 Å². The van der Waals surface area contributed by atoms with E-state index in [4.69, 9.17) is 10.2 Å². The molecule has 0 spiro atoms. The van der Waals surface area contributed by atoms with Crippen molar-refractivity contribution in [2.45, 2.75) is 39.8 Å². The predicted octanol–water partition coefficient (Wildman–Crippen LogP) is 7.57. The quantitative estimate of drug-likeness (QED) is 0.246. The Bertz CT molecular complexity index is 1260. The summed E-state index contributed by atoms with van der Waals surface area (Å²) < 4.78 is 4.28. The summed E-state index contributed by atoms with van der Waals surface area (Å²) in [6.07, 6.45) is 2.07. The molecule has 2 heterocycles. The lowest BCUT2D eigenvalue weighted by Gasteiger charge is -2.10. The van der Waals surface area contributed by atoms with Gasteiger partial charge >= 0.3 is 0 Å². The summed E-state index contributed by atoms with van der Waals surface area (Å²) >= 11 is 0. The van der Waals surface area contributed by atoms with Gasteiger partial charge in [-0.15, -0.1) is 0 Å². The third-order valence-electron chi connectivity index (χ3n) is 6.02. The van der Waals surface area contributed by atoms with Crippen LogP contribution in [0.25, 0.3) is 45.0 Å². The molecular weight excluding hydrogens is 416 g/mol. The highest BCUT2D eigenvalue weighted by Crippen LogP contribution is 2.32. The largest absolute Gasteiger partial charge is 0.264 e. The van der Waals surface area contributed by atoms with Crippen molar-refractivity contribution in [3.63, 3.8) is 0 Å². The third kappa shape index (κ3) is 4.44. The molecule has 0 aliphatic rings. The molecule has 0 unspecified atom stereocenters. The zero-order chi connectivity index (χ0) is 23.3. The molecule has 4 nitrogen and oxygen atoms in total. The Labute approximate surface area is 201 Å². The van der Waals surface area contributed by atoms with Crippen LogP contribution < -0.4 is 0 Å². The van der Waals surface area contributed by atoms with Gasteiger partial charge in [-0.05, 0) is 31.0 Å². The normalized spacial score (nSPS) is 11.1. The molecule has 0 aliphatic carbocycles. The van der Waals surface area contributed by atoms with E-state index < -0.39 is 0 Å². The molecule has 0 saturated carbocycles. The molecule has 0 saturated heterocycles. The van der Waals surface area contributed by atoms with Crippen LogP contribution in [0.2, 0.25) is 0 Å². The minimum atomic E-state index is 0.887. The Morgan fingerprint density at radius 3 is 1.32 bits per heavy atom. The van der Waals surface area contributed by atoms with Crippen molar-refractivity contribution < 1.29 is 0 Å². The highest BCUT2D eigenvalue weighted by molar-refractivity contribution is 5.75. The average Bonchev–Trinajstić information content (AvgIpc) is 3.51. The molecule has 5 rings (SSSR count). The summed E-state index contributed by atoms with van der Waals surface area (Å²) in [6.45, 7) is 6.16. The molecule has 0 radical (unpaired) electrons. The topological polar surface area (TPSA) is 35.6 Å². The van der Waals surface area contributed by atoms with Crippen molar-refractivity contribution in [1.82, 2.24) is 19.6 Å². The Morgan fingerprint density at radius 2 is 0.912 bits per heavy atom. The van der Waals surface area contributed by atoms with E-state index in [1.807, 2.05) is 12.1 Å². The van der Waals surface area contributed by atoms with Crippen LogP contribution in [-0.2, 0) is 13.1 Å². The Hall–Kier alpha value is -3.92. The average molecular weight is 447 g/mol. The van der Waals surface area contributed by atoms with E-state index in [-0.39, 0.29) is 0 Å². The summed E-state index contributed by atoms with van der Waals surface area (Å²) in [5.74, 6) is 0. The van der Waals surface area contributed by atoms with Crippen LogP contribution in [0.5, 0.6) is 0 Å². The second-order valence-electron chi connectivity index (χ2n) is 8.59. The Morgan fingerprint density at radius 1 is 0.500 bits per heavy atom. The Balaban J connectivity index is 1.57. The smallest absolute Gasteiger partial charge is 0.0929 e. The van der Waals surface area contributed by atoms with Gasteiger partial charge < -0.3 is 0 Å². The number of hydrogen-bond donors (Lipinski definition) is 0. The highest BCUT2D eigenvalue weighted by atomic mass is 15.3. The first-order valence-electron chi connectivity index (χ1n) is 12.1. The van der Waals surface area contributed by atoms with Crippen LogP contribution in [0, 0.1) is 0 Å². The number of benzene rings is 3. The maximum atomic E-state index is 4.94. The Kier molecular flexibility index (Phi) is 6.39. The number of rotatable bonds is 8. The molecule has 0 atom stereocenters. The molecule has 0 amide bonds. The molecule has 0 N–H and O–H groups in total. The van der Waals surface area contributed by atoms with Crippen LogP contribution in [0.1, 0.15) is 26.7 Å². The van der Waals surface area contributed by atoms with E-state index in [1.54, 1.807) is 0 Å². The van der Waals surface area contributed by atoms with Gasteiger partial charge in [0.15, 0.2) is 0 Å². The third-order valence-corrected chi connectivity index (χ3v) is 6.02. The first kappa shape index (κ1) is 21.9. The number of nitrogens with zero attached hydrogens (tertiary/aromatic N) is 4. The van der Waals surface area contributed by atoms with E-state index in [9.17, 15) is 0 Å². The second-order valence-corrected chi connectivity index (χ2v) is 8.59. The van der Waals surface area contributed by atoms with Crippen LogP contribution in [0.15, 0.2) is 97.1 Å². The maximum absolute atomic E-state index is 4.94. The number of hydrogen-bond acceptors (Lipinski definition) is 2. The van der Waals surface area contributed by atoms with Gasteiger partial charge in [-0.25, -0.2) is 0 Å².